The Balaban J connectivity index is 3.21. The van der Waals surface area contributed by atoms with Crippen molar-refractivity contribution >= 4 is 6.29 Å². The molecule has 0 N–H and O–H groups in total. The molecule has 0 saturated heterocycles. The summed E-state index contributed by atoms with van der Waals surface area (Å²) in [6.07, 6.45) is -5.22. The molecule has 0 amide bonds. The number of rotatable bonds is 3. The Morgan fingerprint density at radius 1 is 1.44 bits per heavy atom. The zero-order chi connectivity index (χ0) is 12.3. The minimum absolute atomic E-state index is 0.0561. The molecule has 0 aliphatic carbocycles. The molecule has 1 rings (SSSR count). The van der Waals surface area contributed by atoms with Gasteiger partial charge >= 0.3 is 6.36 Å². The maximum absolute atomic E-state index is 13.1. The van der Waals surface area contributed by atoms with Crippen molar-refractivity contribution in [1.29, 1.82) is 0 Å². The first-order chi connectivity index (χ1) is 7.37. The summed E-state index contributed by atoms with van der Waals surface area (Å²) in [5.74, 6) is -3.05. The average Bonchev–Trinajstić information content (AvgIpc) is 2.19. The molecule has 0 spiro atoms. The summed E-state index contributed by atoms with van der Waals surface area (Å²) in [4.78, 5) is 13.2. The Morgan fingerprint density at radius 3 is 2.50 bits per heavy atom. The van der Waals surface area contributed by atoms with E-state index < -0.39 is 36.0 Å². The molecule has 0 atom stereocenters. The molecule has 0 unspecified atom stereocenters. The highest BCUT2D eigenvalue weighted by atomic mass is 19.4. The van der Waals surface area contributed by atoms with Crippen molar-refractivity contribution in [1.82, 2.24) is 4.98 Å². The molecule has 16 heavy (non-hydrogen) atoms. The van der Waals surface area contributed by atoms with Gasteiger partial charge in [0.2, 0.25) is 0 Å². The van der Waals surface area contributed by atoms with Crippen molar-refractivity contribution in [3.8, 4) is 5.88 Å². The first-order valence-corrected chi connectivity index (χ1v) is 3.83. The Morgan fingerprint density at radius 2 is 2.06 bits per heavy atom. The third kappa shape index (κ3) is 2.88. The minimum atomic E-state index is -5.16. The van der Waals surface area contributed by atoms with Crippen molar-refractivity contribution in [2.75, 3.05) is 0 Å². The van der Waals surface area contributed by atoms with Crippen LogP contribution < -0.4 is 4.74 Å². The molecule has 1 aromatic rings. The fourth-order valence-corrected chi connectivity index (χ4v) is 0.910. The lowest BCUT2D eigenvalue weighted by atomic mass is 10.2. The predicted molar refractivity (Wildman–Crippen MR) is 41.1 cm³/mol. The van der Waals surface area contributed by atoms with E-state index in [1.807, 2.05) is 0 Å². The number of carbonyl (C=O) groups is 1. The topological polar surface area (TPSA) is 39.2 Å². The molecule has 1 heterocycles. The van der Waals surface area contributed by atoms with E-state index in [-0.39, 0.29) is 6.29 Å². The summed E-state index contributed by atoms with van der Waals surface area (Å²) in [7, 11) is 0. The summed E-state index contributed by atoms with van der Waals surface area (Å²) in [6.45, 7) is -1.24. The van der Waals surface area contributed by atoms with Crippen molar-refractivity contribution < 1.29 is 31.5 Å². The van der Waals surface area contributed by atoms with Gasteiger partial charge in [-0.15, -0.1) is 13.2 Å². The van der Waals surface area contributed by atoms with E-state index in [4.69, 9.17) is 0 Å². The van der Waals surface area contributed by atoms with Gasteiger partial charge in [-0.25, -0.2) is 13.8 Å². The van der Waals surface area contributed by atoms with Gasteiger partial charge in [0, 0.05) is 0 Å². The monoisotopic (exact) mass is 241 g/mol. The maximum atomic E-state index is 13.1. The van der Waals surface area contributed by atoms with Crippen LogP contribution in [0.5, 0.6) is 5.88 Å². The summed E-state index contributed by atoms with van der Waals surface area (Å²) >= 11 is 0. The Hall–Kier alpha value is -1.73. The molecule has 0 bridgehead atoms. The molecular formula is C8H4F5NO2. The molecule has 8 heteroatoms. The first-order valence-electron chi connectivity index (χ1n) is 3.83. The van der Waals surface area contributed by atoms with Crippen LogP contribution in [0.2, 0.25) is 0 Å². The van der Waals surface area contributed by atoms with Gasteiger partial charge < -0.3 is 4.74 Å². The van der Waals surface area contributed by atoms with Gasteiger partial charge in [-0.1, -0.05) is 0 Å². The molecular weight excluding hydrogens is 237 g/mol. The lowest BCUT2D eigenvalue weighted by Crippen LogP contribution is -2.19. The second-order valence-electron chi connectivity index (χ2n) is 2.62. The fraction of sp³-hybridized carbons (Fsp3) is 0.250. The van der Waals surface area contributed by atoms with Gasteiger partial charge in [-0.2, -0.15) is 0 Å². The van der Waals surface area contributed by atoms with E-state index in [2.05, 4.69) is 9.72 Å². The normalized spacial score (nSPS) is 11.3. The Labute approximate surface area is 85.8 Å². The third-order valence-corrected chi connectivity index (χ3v) is 1.48. The lowest BCUT2D eigenvalue weighted by Gasteiger charge is -2.10. The largest absolute Gasteiger partial charge is 0.574 e. The lowest BCUT2D eigenvalue weighted by molar-refractivity contribution is -0.277. The van der Waals surface area contributed by atoms with Gasteiger partial charge in [-0.05, 0) is 6.07 Å². The highest BCUT2D eigenvalue weighted by molar-refractivity contribution is 5.76. The molecule has 3 nitrogen and oxygen atoms in total. The number of carbonyl (C=O) groups excluding carboxylic acids is 1. The van der Waals surface area contributed by atoms with Crippen LogP contribution in [0.4, 0.5) is 22.0 Å². The molecule has 1 aromatic heterocycles. The van der Waals surface area contributed by atoms with Crippen molar-refractivity contribution in [2.24, 2.45) is 0 Å². The Kier molecular flexibility index (Phi) is 3.41. The minimum Gasteiger partial charge on any atom is -0.385 e. The fourth-order valence-electron chi connectivity index (χ4n) is 0.910. The van der Waals surface area contributed by atoms with Gasteiger partial charge in [0.05, 0.1) is 11.3 Å². The number of hydrogen-bond acceptors (Lipinski definition) is 3. The van der Waals surface area contributed by atoms with Gasteiger partial charge in [0.15, 0.2) is 12.1 Å². The van der Waals surface area contributed by atoms with E-state index in [1.54, 1.807) is 0 Å². The molecule has 0 aliphatic rings. The van der Waals surface area contributed by atoms with Crippen molar-refractivity contribution in [3.63, 3.8) is 0 Å². The van der Waals surface area contributed by atoms with Crippen LogP contribution in [0.1, 0.15) is 16.1 Å². The van der Waals surface area contributed by atoms with Gasteiger partial charge in [-0.3, -0.25) is 4.79 Å². The van der Waals surface area contributed by atoms with E-state index >= 15 is 0 Å². The number of ether oxygens (including phenoxy) is 1. The third-order valence-electron chi connectivity index (χ3n) is 1.48. The molecule has 0 aromatic carbocycles. The average molecular weight is 241 g/mol. The second-order valence-corrected chi connectivity index (χ2v) is 2.62. The van der Waals surface area contributed by atoms with Crippen molar-refractivity contribution in [2.45, 2.75) is 13.0 Å². The number of hydrogen-bond donors (Lipinski definition) is 0. The number of alkyl halides is 4. The molecule has 0 aliphatic heterocycles. The highest BCUT2D eigenvalue weighted by Crippen LogP contribution is 2.25. The van der Waals surface area contributed by atoms with Crippen molar-refractivity contribution in [3.05, 3.63) is 23.1 Å². The van der Waals surface area contributed by atoms with Crippen LogP contribution in [0, 0.1) is 5.82 Å². The first kappa shape index (κ1) is 12.3. The zero-order valence-corrected chi connectivity index (χ0v) is 7.52. The smallest absolute Gasteiger partial charge is 0.385 e. The number of aromatic nitrogens is 1. The number of halogens is 5. The quantitative estimate of drug-likeness (QED) is 0.602. The number of nitrogens with zero attached hydrogens (tertiary/aromatic N) is 1. The van der Waals surface area contributed by atoms with Crippen LogP contribution in [-0.4, -0.2) is 17.6 Å². The van der Waals surface area contributed by atoms with E-state index in [1.165, 1.54) is 0 Å². The van der Waals surface area contributed by atoms with E-state index in [9.17, 15) is 26.7 Å². The summed E-state index contributed by atoms with van der Waals surface area (Å²) in [6, 6.07) is 0.700. The highest BCUT2D eigenvalue weighted by Gasteiger charge is 2.34. The van der Waals surface area contributed by atoms with E-state index in [0.29, 0.717) is 6.07 Å². The second kappa shape index (κ2) is 4.42. The molecule has 0 fully saturated rings. The summed E-state index contributed by atoms with van der Waals surface area (Å²) in [5.41, 5.74) is -1.27. The predicted octanol–water partition coefficient (Wildman–Crippen LogP) is 2.40. The zero-order valence-electron chi connectivity index (χ0n) is 7.52. The van der Waals surface area contributed by atoms with Gasteiger partial charge in [0.25, 0.3) is 5.88 Å². The summed E-state index contributed by atoms with van der Waals surface area (Å²) < 4.78 is 63.8. The molecule has 0 radical (unpaired) electrons. The molecule has 88 valence electrons. The van der Waals surface area contributed by atoms with Crippen LogP contribution in [0.3, 0.4) is 0 Å². The SMILES string of the molecule is O=Cc1cc(CF)nc(OC(F)(F)F)c1F. The molecule has 0 saturated carbocycles. The number of pyridine rings is 1. The number of aldehydes is 1. The van der Waals surface area contributed by atoms with Crippen LogP contribution in [-0.2, 0) is 6.67 Å². The van der Waals surface area contributed by atoms with Crippen LogP contribution in [0.15, 0.2) is 6.07 Å². The Bertz CT molecular complexity index is 404. The standard InChI is InChI=1S/C8H4F5NO2/c9-2-5-1-4(3-15)6(10)7(14-5)16-8(11,12)13/h1,3H,2H2. The van der Waals surface area contributed by atoms with E-state index in [0.717, 1.165) is 0 Å². The van der Waals surface area contributed by atoms with Gasteiger partial charge in [0.1, 0.15) is 6.67 Å². The van der Waals surface area contributed by atoms with Crippen LogP contribution in [0.25, 0.3) is 0 Å². The summed E-state index contributed by atoms with van der Waals surface area (Å²) in [5, 5.41) is 0. The maximum Gasteiger partial charge on any atom is 0.574 e. The van der Waals surface area contributed by atoms with Crippen LogP contribution >= 0.6 is 0 Å².